The highest BCUT2D eigenvalue weighted by Crippen LogP contribution is 2.30. The van der Waals surface area contributed by atoms with Gasteiger partial charge in [0.25, 0.3) is 11.8 Å². The second-order valence-corrected chi connectivity index (χ2v) is 10.1. The normalized spacial score (nSPS) is 17.0. The van der Waals surface area contributed by atoms with Crippen LogP contribution >= 0.6 is 0 Å². The molecule has 2 N–H and O–H groups in total. The minimum Gasteiger partial charge on any atom is -0.475 e. The number of amides is 2. The van der Waals surface area contributed by atoms with Crippen molar-refractivity contribution < 1.29 is 65.2 Å². The molecule has 46 heavy (non-hydrogen) atoms. The average molecular weight is 665 g/mol. The minimum atomic E-state index is -5.08. The van der Waals surface area contributed by atoms with E-state index in [0.717, 1.165) is 6.07 Å². The van der Waals surface area contributed by atoms with E-state index in [1.165, 1.54) is 21.7 Å². The third-order valence-electron chi connectivity index (χ3n) is 6.42. The van der Waals surface area contributed by atoms with Crippen molar-refractivity contribution in [3.05, 3.63) is 63.1 Å². The van der Waals surface area contributed by atoms with Gasteiger partial charge in [-0.25, -0.2) is 18.4 Å². The number of rotatable bonds is 9. The summed E-state index contributed by atoms with van der Waals surface area (Å²) in [6, 6.07) is 2.61. The van der Waals surface area contributed by atoms with Crippen LogP contribution in [0.15, 0.2) is 29.2 Å². The summed E-state index contributed by atoms with van der Waals surface area (Å²) in [6.07, 6.45) is -5.56. The number of ether oxygens (including phenoxy) is 4. The Morgan fingerprint density at radius 3 is 2.43 bits per heavy atom. The largest absolute Gasteiger partial charge is 0.511 e. The van der Waals surface area contributed by atoms with Crippen molar-refractivity contribution in [2.45, 2.75) is 38.5 Å². The van der Waals surface area contributed by atoms with Gasteiger partial charge < -0.3 is 43.7 Å². The van der Waals surface area contributed by atoms with Crippen molar-refractivity contribution in [3.63, 3.8) is 0 Å². The average Bonchev–Trinajstić information content (AvgIpc) is 3.33. The van der Waals surface area contributed by atoms with E-state index in [9.17, 15) is 41.1 Å². The number of benzene rings is 1. The number of carbonyl (C=O) groups is 4. The van der Waals surface area contributed by atoms with Gasteiger partial charge in [-0.1, -0.05) is 6.07 Å². The molecule has 3 heterocycles. The molecule has 2 atom stereocenters. The van der Waals surface area contributed by atoms with Gasteiger partial charge in [-0.15, -0.1) is 0 Å². The van der Waals surface area contributed by atoms with Crippen molar-refractivity contribution in [2.24, 2.45) is 0 Å². The Hall–Kier alpha value is -4.78. The summed E-state index contributed by atoms with van der Waals surface area (Å²) in [5.41, 5.74) is -1.49. The maximum absolute atomic E-state index is 14.0. The highest BCUT2D eigenvalue weighted by molar-refractivity contribution is 5.99. The quantitative estimate of drug-likeness (QED) is 0.229. The van der Waals surface area contributed by atoms with Crippen LogP contribution in [0.3, 0.4) is 0 Å². The van der Waals surface area contributed by atoms with E-state index in [4.69, 9.17) is 28.8 Å². The summed E-state index contributed by atoms with van der Waals surface area (Å²) in [4.78, 5) is 63.6. The Labute approximate surface area is 257 Å². The molecule has 0 spiro atoms. The number of halogens is 5. The number of fused-ring (bicyclic) bond motifs is 2. The van der Waals surface area contributed by atoms with Crippen molar-refractivity contribution >= 4 is 23.9 Å². The zero-order valence-electron chi connectivity index (χ0n) is 24.6. The number of carboxylic acid groups (broad SMARTS) is 1. The molecule has 0 radical (unpaired) electrons. The van der Waals surface area contributed by atoms with Crippen LogP contribution in [-0.4, -0.2) is 103 Å². The lowest BCUT2D eigenvalue weighted by molar-refractivity contribution is -0.192. The highest BCUT2D eigenvalue weighted by Gasteiger charge is 2.43. The van der Waals surface area contributed by atoms with E-state index < -0.39 is 71.5 Å². The Kier molecular flexibility index (Phi) is 11.6. The van der Waals surface area contributed by atoms with Crippen LogP contribution in [0.4, 0.5) is 26.7 Å². The molecular weight excluding hydrogens is 635 g/mol. The number of hydrogen-bond donors (Lipinski definition) is 2. The Morgan fingerprint density at radius 2 is 1.83 bits per heavy atom. The molecule has 1 aromatic heterocycles. The number of carboxylic acids is 1. The zero-order chi connectivity index (χ0) is 34.3. The number of aromatic nitrogens is 1. The number of nitrogens with zero attached hydrogens (tertiary/aromatic N) is 3. The van der Waals surface area contributed by atoms with Gasteiger partial charge in [0.2, 0.25) is 18.0 Å². The molecule has 1 aromatic carbocycles. The Morgan fingerprint density at radius 1 is 1.15 bits per heavy atom. The zero-order valence-corrected chi connectivity index (χ0v) is 24.6. The molecule has 252 valence electrons. The number of hydrogen-bond acceptors (Lipinski definition) is 10. The first-order valence-corrected chi connectivity index (χ1v) is 13.3. The molecule has 1 saturated heterocycles. The molecule has 0 saturated carbocycles. The van der Waals surface area contributed by atoms with E-state index in [-0.39, 0.29) is 43.6 Å². The molecular formula is C27H29F5N4O10. The van der Waals surface area contributed by atoms with Crippen molar-refractivity contribution in [3.8, 4) is 5.75 Å². The van der Waals surface area contributed by atoms with E-state index in [1.54, 1.807) is 25.9 Å². The standard InChI is InChI=1S/C25H28F2N4O8.C2HF3O2/c1-14-12-37-19-11-30-10-17(23(33)28-9-15-4-5-16(26)8-18(15)27)21(32)22(20(30)24(34)31(14)19)38-13-39-25(35)36-7-6-29(2)3;3-2(4,5)1(6)7/h4-5,8,10,14,19H,6-7,9,11-13H2,1-3H3,(H,28,33);(H,6,7)/t14-,19+;/m0./s1. The minimum absolute atomic E-state index is 0.000345. The van der Waals surface area contributed by atoms with Crippen LogP contribution < -0.4 is 15.5 Å². The second kappa shape index (κ2) is 15.0. The molecule has 0 bridgehead atoms. The van der Waals surface area contributed by atoms with Gasteiger partial charge in [0.15, 0.2) is 11.9 Å². The molecule has 14 nitrogen and oxygen atoms in total. The van der Waals surface area contributed by atoms with E-state index in [2.05, 4.69) is 5.32 Å². The van der Waals surface area contributed by atoms with Gasteiger partial charge in [0.05, 0.1) is 19.2 Å². The Bertz CT molecular complexity index is 1530. The lowest BCUT2D eigenvalue weighted by Gasteiger charge is -2.34. The first kappa shape index (κ1) is 35.7. The maximum atomic E-state index is 14.0. The first-order valence-electron chi connectivity index (χ1n) is 13.3. The summed E-state index contributed by atoms with van der Waals surface area (Å²) in [6.45, 7) is 1.58. The molecule has 1 fully saturated rings. The Balaban J connectivity index is 0.000000738. The summed E-state index contributed by atoms with van der Waals surface area (Å²) in [5.74, 6) is -6.34. The van der Waals surface area contributed by atoms with Crippen molar-refractivity contribution in [1.29, 1.82) is 0 Å². The van der Waals surface area contributed by atoms with Crippen LogP contribution in [0.1, 0.15) is 33.3 Å². The lowest BCUT2D eigenvalue weighted by Crippen LogP contribution is -2.49. The fraction of sp³-hybridized carbons (Fsp3) is 0.444. The van der Waals surface area contributed by atoms with Crippen LogP contribution in [0.25, 0.3) is 0 Å². The van der Waals surface area contributed by atoms with Gasteiger partial charge in [0, 0.05) is 30.9 Å². The number of aliphatic carboxylic acids is 1. The summed E-state index contributed by atoms with van der Waals surface area (Å²) in [5, 5.41) is 9.54. The number of nitrogens with one attached hydrogen (secondary N) is 1. The highest BCUT2D eigenvalue weighted by atomic mass is 19.4. The molecule has 4 rings (SSSR count). The van der Waals surface area contributed by atoms with E-state index in [1.807, 2.05) is 0 Å². The second-order valence-electron chi connectivity index (χ2n) is 10.1. The summed E-state index contributed by atoms with van der Waals surface area (Å²) < 4.78 is 81.2. The third-order valence-corrected chi connectivity index (χ3v) is 6.42. The molecule has 19 heteroatoms. The molecule has 2 aliphatic rings. The number of likely N-dealkylation sites (N-methyl/N-ethyl adjacent to an activating group) is 1. The van der Waals surface area contributed by atoms with Crippen molar-refractivity contribution in [2.75, 3.05) is 40.6 Å². The fourth-order valence-corrected chi connectivity index (χ4v) is 4.18. The lowest BCUT2D eigenvalue weighted by atomic mass is 10.1. The van der Waals surface area contributed by atoms with Gasteiger partial charge in [-0.3, -0.25) is 14.4 Å². The van der Waals surface area contributed by atoms with Gasteiger partial charge in [0.1, 0.15) is 23.8 Å². The van der Waals surface area contributed by atoms with E-state index in [0.29, 0.717) is 12.6 Å². The van der Waals surface area contributed by atoms with Gasteiger partial charge in [-0.2, -0.15) is 13.2 Å². The monoisotopic (exact) mass is 664 g/mol. The van der Waals surface area contributed by atoms with Crippen LogP contribution in [-0.2, 0) is 32.1 Å². The molecule has 2 aliphatic heterocycles. The molecule has 0 aliphatic carbocycles. The maximum Gasteiger partial charge on any atom is 0.511 e. The fourth-order valence-electron chi connectivity index (χ4n) is 4.18. The number of alkyl halides is 3. The third kappa shape index (κ3) is 8.90. The molecule has 2 aromatic rings. The van der Waals surface area contributed by atoms with Crippen LogP contribution in [0.5, 0.6) is 5.75 Å². The number of carbonyl (C=O) groups excluding carboxylic acids is 3. The predicted molar refractivity (Wildman–Crippen MR) is 144 cm³/mol. The van der Waals surface area contributed by atoms with Gasteiger partial charge >= 0.3 is 18.3 Å². The first-order chi connectivity index (χ1) is 21.5. The van der Waals surface area contributed by atoms with Crippen LogP contribution in [0.2, 0.25) is 0 Å². The topological polar surface area (TPSA) is 166 Å². The number of pyridine rings is 1. The van der Waals surface area contributed by atoms with Crippen molar-refractivity contribution in [1.82, 2.24) is 19.7 Å². The van der Waals surface area contributed by atoms with Gasteiger partial charge in [-0.05, 0) is 27.1 Å². The molecule has 2 amide bonds. The smallest absolute Gasteiger partial charge is 0.475 e. The SMILES string of the molecule is C[C@H]1CO[C@@H]2Cn3cc(C(=O)NCc4ccc(F)cc4F)c(=O)c(OCOC(=O)OCCN(C)C)c3C(=O)N12.O=C(O)C(F)(F)F. The van der Waals surface area contributed by atoms with E-state index >= 15 is 0 Å². The predicted octanol–water partition coefficient (Wildman–Crippen LogP) is 1.94. The summed E-state index contributed by atoms with van der Waals surface area (Å²) in [7, 11) is 3.59. The summed E-state index contributed by atoms with van der Waals surface area (Å²) >= 11 is 0. The van der Waals surface area contributed by atoms with Crippen LogP contribution in [0, 0.1) is 11.6 Å². The molecule has 0 unspecified atom stereocenters.